The van der Waals surface area contributed by atoms with Crippen molar-refractivity contribution in [2.45, 2.75) is 37.9 Å². The van der Waals surface area contributed by atoms with E-state index in [2.05, 4.69) is 10.2 Å². The number of hydrogen-bond donors (Lipinski definition) is 2. The molecule has 0 amide bonds. The molecule has 2 aromatic carbocycles. The van der Waals surface area contributed by atoms with Crippen molar-refractivity contribution in [1.29, 1.82) is 0 Å². The van der Waals surface area contributed by atoms with E-state index in [9.17, 15) is 17.6 Å². The van der Waals surface area contributed by atoms with E-state index >= 15 is 0 Å². The number of halogens is 4. The topological polar surface area (TPSA) is 81.3 Å². The van der Waals surface area contributed by atoms with Crippen LogP contribution in [0.15, 0.2) is 42.5 Å². The van der Waals surface area contributed by atoms with Crippen LogP contribution in [0.2, 0.25) is 0 Å². The molecule has 0 saturated carbocycles. The predicted octanol–water partition coefficient (Wildman–Crippen LogP) is 5.15. The molecule has 5 nitrogen and oxygen atoms in total. The van der Waals surface area contributed by atoms with Gasteiger partial charge in [0.2, 0.25) is 0 Å². The van der Waals surface area contributed by atoms with Crippen LogP contribution in [-0.4, -0.2) is 28.5 Å². The second-order valence-corrected chi connectivity index (χ2v) is 8.24. The lowest BCUT2D eigenvalue weighted by Crippen LogP contribution is -2.13. The summed E-state index contributed by atoms with van der Waals surface area (Å²) in [5.74, 6) is -0.530. The Balaban J connectivity index is 1.59. The van der Waals surface area contributed by atoms with Gasteiger partial charge in [0.05, 0.1) is 24.8 Å². The molecular formula is C22H23F4N3O2S. The van der Waals surface area contributed by atoms with E-state index in [4.69, 9.17) is 15.6 Å². The zero-order chi connectivity index (χ0) is 23.1. The molecule has 3 N–H and O–H groups in total. The first-order chi connectivity index (χ1) is 15.3. The number of aliphatic hydroxyl groups excluding tert-OH is 1. The van der Waals surface area contributed by atoms with Crippen molar-refractivity contribution in [2.24, 2.45) is 5.73 Å². The summed E-state index contributed by atoms with van der Waals surface area (Å²) in [6, 6.07) is 9.37. The SMILES string of the molecule is NC(CO)c1nnc(-c2ccc(OCCCCCc3cccc(F)c3)c(C(F)(F)F)c2)s1. The molecule has 1 heterocycles. The summed E-state index contributed by atoms with van der Waals surface area (Å²) in [5, 5.41) is 17.4. The number of rotatable bonds is 10. The fraction of sp³-hybridized carbons (Fsp3) is 0.364. The maximum Gasteiger partial charge on any atom is 0.419 e. The number of nitrogens with two attached hydrogens (primary N) is 1. The van der Waals surface area contributed by atoms with Gasteiger partial charge in [-0.05, 0) is 61.6 Å². The highest BCUT2D eigenvalue weighted by molar-refractivity contribution is 7.14. The lowest BCUT2D eigenvalue weighted by Gasteiger charge is -2.15. The molecule has 1 atom stereocenters. The minimum Gasteiger partial charge on any atom is -0.493 e. The van der Waals surface area contributed by atoms with Gasteiger partial charge in [0, 0.05) is 5.56 Å². The molecule has 3 aromatic rings. The Hall–Kier alpha value is -2.56. The van der Waals surface area contributed by atoms with E-state index in [0.717, 1.165) is 35.8 Å². The van der Waals surface area contributed by atoms with Gasteiger partial charge in [-0.2, -0.15) is 13.2 Å². The molecule has 1 unspecified atom stereocenters. The lowest BCUT2D eigenvalue weighted by molar-refractivity contribution is -0.138. The largest absolute Gasteiger partial charge is 0.493 e. The summed E-state index contributed by atoms with van der Waals surface area (Å²) in [7, 11) is 0. The molecule has 3 rings (SSSR count). The number of alkyl halides is 3. The minimum atomic E-state index is -4.60. The van der Waals surface area contributed by atoms with Crippen molar-refractivity contribution < 1.29 is 27.4 Å². The Morgan fingerprint density at radius 2 is 1.88 bits per heavy atom. The third kappa shape index (κ3) is 6.47. The third-order valence-electron chi connectivity index (χ3n) is 4.74. The van der Waals surface area contributed by atoms with E-state index in [1.165, 1.54) is 24.3 Å². The van der Waals surface area contributed by atoms with Crippen LogP contribution >= 0.6 is 11.3 Å². The Bertz CT molecular complexity index is 1030. The molecule has 1 aromatic heterocycles. The van der Waals surface area contributed by atoms with Gasteiger partial charge < -0.3 is 15.6 Å². The number of nitrogens with zero attached hydrogens (tertiary/aromatic N) is 2. The van der Waals surface area contributed by atoms with Gasteiger partial charge in [0.25, 0.3) is 0 Å². The second kappa shape index (κ2) is 10.8. The average Bonchev–Trinajstić information content (AvgIpc) is 3.25. The first kappa shape index (κ1) is 24.1. The molecule has 10 heteroatoms. The molecule has 172 valence electrons. The standard InChI is InChI=1S/C22H23F4N3O2S/c23-16-7-4-6-14(11-16)5-2-1-3-10-31-19-9-8-15(12-17(19)22(24,25)26)20-28-29-21(32-20)18(27)13-30/h4,6-9,11-12,18,30H,1-3,5,10,13,27H2. The van der Waals surface area contributed by atoms with Crippen molar-refractivity contribution >= 4 is 11.3 Å². The molecule has 0 aliphatic carbocycles. The average molecular weight is 470 g/mol. The Morgan fingerprint density at radius 1 is 1.06 bits per heavy atom. The van der Waals surface area contributed by atoms with Crippen molar-refractivity contribution in [3.63, 3.8) is 0 Å². The molecule has 0 saturated heterocycles. The van der Waals surface area contributed by atoms with Crippen LogP contribution in [0.3, 0.4) is 0 Å². The summed E-state index contributed by atoms with van der Waals surface area (Å²) < 4.78 is 59.4. The number of hydrogen-bond acceptors (Lipinski definition) is 6. The first-order valence-electron chi connectivity index (χ1n) is 10.1. The van der Waals surface area contributed by atoms with Gasteiger partial charge in [0.15, 0.2) is 0 Å². The van der Waals surface area contributed by atoms with Gasteiger partial charge in [-0.3, -0.25) is 0 Å². The molecule has 0 spiro atoms. The highest BCUT2D eigenvalue weighted by Crippen LogP contribution is 2.39. The zero-order valence-corrected chi connectivity index (χ0v) is 17.9. The van der Waals surface area contributed by atoms with Crippen molar-refractivity contribution in [1.82, 2.24) is 10.2 Å². The molecule has 32 heavy (non-hydrogen) atoms. The number of aliphatic hydroxyl groups is 1. The van der Waals surface area contributed by atoms with E-state index in [0.29, 0.717) is 17.8 Å². The maximum atomic E-state index is 13.6. The fourth-order valence-electron chi connectivity index (χ4n) is 3.07. The number of aromatic nitrogens is 2. The first-order valence-corrected chi connectivity index (χ1v) is 10.9. The van der Waals surface area contributed by atoms with E-state index in [-0.39, 0.29) is 35.4 Å². The summed E-state index contributed by atoms with van der Waals surface area (Å²) in [6.45, 7) is -0.197. The molecule has 0 aliphatic rings. The smallest absolute Gasteiger partial charge is 0.419 e. The van der Waals surface area contributed by atoms with Crippen LogP contribution in [0, 0.1) is 5.82 Å². The van der Waals surface area contributed by atoms with Crippen LogP contribution in [0.25, 0.3) is 10.6 Å². The minimum absolute atomic E-state index is 0.139. The molecular weight excluding hydrogens is 446 g/mol. The van der Waals surface area contributed by atoms with Crippen molar-refractivity contribution in [3.05, 3.63) is 64.4 Å². The highest BCUT2D eigenvalue weighted by atomic mass is 32.1. The van der Waals surface area contributed by atoms with E-state index in [1.54, 1.807) is 6.07 Å². The molecule has 0 bridgehead atoms. The second-order valence-electron chi connectivity index (χ2n) is 7.23. The van der Waals surface area contributed by atoms with Gasteiger partial charge in [-0.25, -0.2) is 4.39 Å². The van der Waals surface area contributed by atoms with E-state index < -0.39 is 17.8 Å². The van der Waals surface area contributed by atoms with E-state index in [1.807, 2.05) is 6.07 Å². The number of unbranched alkanes of at least 4 members (excludes halogenated alkanes) is 2. The number of ether oxygens (including phenoxy) is 1. The normalized spacial score (nSPS) is 12.7. The highest BCUT2D eigenvalue weighted by Gasteiger charge is 2.35. The molecule has 0 radical (unpaired) electrons. The van der Waals surface area contributed by atoms with Crippen LogP contribution < -0.4 is 10.5 Å². The quantitative estimate of drug-likeness (QED) is 0.317. The number of benzene rings is 2. The summed E-state index contributed by atoms with van der Waals surface area (Å²) in [5.41, 5.74) is 5.92. The van der Waals surface area contributed by atoms with Gasteiger partial charge in [-0.15, -0.1) is 10.2 Å². The van der Waals surface area contributed by atoms with Crippen LogP contribution in [-0.2, 0) is 12.6 Å². The Morgan fingerprint density at radius 3 is 2.59 bits per heavy atom. The predicted molar refractivity (Wildman–Crippen MR) is 114 cm³/mol. The van der Waals surface area contributed by atoms with Crippen LogP contribution in [0.5, 0.6) is 5.75 Å². The van der Waals surface area contributed by atoms with Crippen molar-refractivity contribution in [3.8, 4) is 16.3 Å². The number of aryl methyl sites for hydroxylation is 1. The van der Waals surface area contributed by atoms with Gasteiger partial charge in [-0.1, -0.05) is 23.5 Å². The zero-order valence-electron chi connectivity index (χ0n) is 17.1. The Kier molecular flexibility index (Phi) is 8.16. The summed E-state index contributed by atoms with van der Waals surface area (Å²) in [4.78, 5) is 0. The monoisotopic (exact) mass is 469 g/mol. The lowest BCUT2D eigenvalue weighted by atomic mass is 10.1. The van der Waals surface area contributed by atoms with Gasteiger partial charge in [0.1, 0.15) is 21.6 Å². The van der Waals surface area contributed by atoms with Gasteiger partial charge >= 0.3 is 6.18 Å². The fourth-order valence-corrected chi connectivity index (χ4v) is 3.90. The third-order valence-corrected chi connectivity index (χ3v) is 5.85. The van der Waals surface area contributed by atoms with Crippen molar-refractivity contribution in [2.75, 3.05) is 13.2 Å². The summed E-state index contributed by atoms with van der Waals surface area (Å²) >= 11 is 1.03. The molecule has 0 fully saturated rings. The maximum absolute atomic E-state index is 13.6. The summed E-state index contributed by atoms with van der Waals surface area (Å²) in [6.07, 6.45) is -1.79. The Labute approximate surface area is 186 Å². The molecule has 0 aliphatic heterocycles. The van der Waals surface area contributed by atoms with Crippen LogP contribution in [0.4, 0.5) is 17.6 Å². The van der Waals surface area contributed by atoms with Crippen LogP contribution in [0.1, 0.15) is 41.4 Å².